The number of carbonyl (C=O) groups excluding carboxylic acids is 2. The summed E-state index contributed by atoms with van der Waals surface area (Å²) in [4.78, 5) is 33.4. The molecule has 0 heterocycles. The van der Waals surface area contributed by atoms with Gasteiger partial charge < -0.3 is 10.4 Å². The van der Waals surface area contributed by atoms with Crippen molar-refractivity contribution in [3.8, 4) is 0 Å². The maximum atomic E-state index is 11.6. The van der Waals surface area contributed by atoms with E-state index in [1.54, 1.807) is 31.2 Å². The molecular formula is C14H17NO4. The number of carboxylic acid groups (broad SMARTS) is 1. The third-order valence-corrected chi connectivity index (χ3v) is 2.78. The Bertz CT molecular complexity index is 496. The van der Waals surface area contributed by atoms with Crippen LogP contribution < -0.4 is 5.32 Å². The van der Waals surface area contributed by atoms with E-state index in [9.17, 15) is 14.4 Å². The van der Waals surface area contributed by atoms with Crippen molar-refractivity contribution in [3.05, 3.63) is 29.8 Å². The number of benzene rings is 1. The molecule has 0 aromatic heterocycles. The molecule has 0 aliphatic carbocycles. The fraction of sp³-hybridized carbons (Fsp3) is 0.357. The van der Waals surface area contributed by atoms with Gasteiger partial charge in [0.2, 0.25) is 5.91 Å². The third kappa shape index (κ3) is 4.91. The van der Waals surface area contributed by atoms with Crippen molar-refractivity contribution in [1.82, 2.24) is 0 Å². The number of amides is 1. The Morgan fingerprint density at radius 1 is 1.32 bits per heavy atom. The first-order valence-corrected chi connectivity index (χ1v) is 6.04. The number of rotatable bonds is 6. The Morgan fingerprint density at radius 2 is 2.00 bits per heavy atom. The van der Waals surface area contributed by atoms with Crippen LogP contribution >= 0.6 is 0 Å². The molecule has 0 saturated carbocycles. The summed E-state index contributed by atoms with van der Waals surface area (Å²) in [5.74, 6) is -1.79. The van der Waals surface area contributed by atoms with Gasteiger partial charge in [-0.05, 0) is 25.5 Å². The normalized spacial score (nSPS) is 11.7. The molecule has 0 aliphatic rings. The first-order valence-electron chi connectivity index (χ1n) is 6.04. The fourth-order valence-corrected chi connectivity index (χ4v) is 1.51. The molecule has 102 valence electrons. The average Bonchev–Trinajstić information content (AvgIpc) is 2.36. The molecule has 0 radical (unpaired) electrons. The molecule has 1 rings (SSSR count). The lowest BCUT2D eigenvalue weighted by molar-refractivity contribution is -0.141. The Labute approximate surface area is 111 Å². The summed E-state index contributed by atoms with van der Waals surface area (Å²) in [5.41, 5.74) is 1.07. The smallest absolute Gasteiger partial charge is 0.306 e. The van der Waals surface area contributed by atoms with Crippen LogP contribution in [0.2, 0.25) is 0 Å². The van der Waals surface area contributed by atoms with Crippen molar-refractivity contribution in [2.45, 2.75) is 26.7 Å². The van der Waals surface area contributed by atoms with E-state index in [2.05, 4.69) is 5.32 Å². The third-order valence-electron chi connectivity index (χ3n) is 2.78. The van der Waals surface area contributed by atoms with E-state index in [0.717, 1.165) is 0 Å². The largest absolute Gasteiger partial charge is 0.481 e. The molecule has 1 unspecified atom stereocenters. The van der Waals surface area contributed by atoms with Crippen LogP contribution in [0.5, 0.6) is 0 Å². The molecule has 5 nitrogen and oxygen atoms in total. The van der Waals surface area contributed by atoms with Gasteiger partial charge in [0.25, 0.3) is 0 Å². The monoisotopic (exact) mass is 263 g/mol. The second kappa shape index (κ2) is 6.68. The van der Waals surface area contributed by atoms with Gasteiger partial charge >= 0.3 is 5.97 Å². The van der Waals surface area contributed by atoms with Gasteiger partial charge in [-0.2, -0.15) is 0 Å². The lowest BCUT2D eigenvalue weighted by Crippen LogP contribution is -2.16. The summed E-state index contributed by atoms with van der Waals surface area (Å²) in [6.45, 7) is 3.02. The summed E-state index contributed by atoms with van der Waals surface area (Å²) >= 11 is 0. The Balaban J connectivity index is 2.55. The SMILES string of the molecule is CC(=O)c1cccc(NC(=O)CCC(C)C(=O)O)c1. The number of hydrogen-bond acceptors (Lipinski definition) is 3. The minimum absolute atomic E-state index is 0.0735. The standard InChI is InChI=1S/C14H17NO4/c1-9(14(18)19)6-7-13(17)15-12-5-3-4-11(8-12)10(2)16/h3-5,8-9H,6-7H2,1-2H3,(H,15,17)(H,18,19). The van der Waals surface area contributed by atoms with Gasteiger partial charge in [-0.1, -0.05) is 19.1 Å². The van der Waals surface area contributed by atoms with E-state index < -0.39 is 11.9 Å². The predicted molar refractivity (Wildman–Crippen MR) is 71.1 cm³/mol. The topological polar surface area (TPSA) is 83.5 Å². The Morgan fingerprint density at radius 3 is 2.58 bits per heavy atom. The lowest BCUT2D eigenvalue weighted by Gasteiger charge is -2.08. The van der Waals surface area contributed by atoms with E-state index in [1.165, 1.54) is 6.92 Å². The number of carboxylic acids is 1. The highest BCUT2D eigenvalue weighted by Gasteiger charge is 2.13. The summed E-state index contributed by atoms with van der Waals surface area (Å²) in [6.07, 6.45) is 0.422. The number of ketones is 1. The maximum absolute atomic E-state index is 11.6. The first kappa shape index (κ1) is 14.9. The van der Waals surface area contributed by atoms with Gasteiger partial charge in [0.05, 0.1) is 5.92 Å². The van der Waals surface area contributed by atoms with Crippen LogP contribution in [0.4, 0.5) is 5.69 Å². The molecule has 19 heavy (non-hydrogen) atoms. The fourth-order valence-electron chi connectivity index (χ4n) is 1.51. The first-order chi connectivity index (χ1) is 8.90. The number of nitrogens with one attached hydrogen (secondary N) is 1. The highest BCUT2D eigenvalue weighted by atomic mass is 16.4. The van der Waals surface area contributed by atoms with Gasteiger partial charge in [-0.3, -0.25) is 14.4 Å². The molecule has 5 heteroatoms. The van der Waals surface area contributed by atoms with E-state index >= 15 is 0 Å². The van der Waals surface area contributed by atoms with Gasteiger partial charge in [-0.15, -0.1) is 0 Å². The van der Waals surface area contributed by atoms with Crippen LogP contribution in [0.1, 0.15) is 37.0 Å². The molecule has 1 aromatic rings. The molecule has 0 fully saturated rings. The zero-order valence-corrected chi connectivity index (χ0v) is 11.0. The molecule has 0 aliphatic heterocycles. The number of Topliss-reactive ketones (excluding diaryl/α,β-unsaturated/α-hetero) is 1. The maximum Gasteiger partial charge on any atom is 0.306 e. The summed E-state index contributed by atoms with van der Waals surface area (Å²) in [7, 11) is 0. The van der Waals surface area contributed by atoms with E-state index in [0.29, 0.717) is 11.3 Å². The molecule has 0 saturated heterocycles. The van der Waals surface area contributed by atoms with Crippen molar-refractivity contribution in [3.63, 3.8) is 0 Å². The Hall–Kier alpha value is -2.17. The van der Waals surface area contributed by atoms with Crippen LogP contribution in [-0.4, -0.2) is 22.8 Å². The number of carbonyl (C=O) groups is 3. The van der Waals surface area contributed by atoms with Crippen LogP contribution in [-0.2, 0) is 9.59 Å². The zero-order chi connectivity index (χ0) is 14.4. The van der Waals surface area contributed by atoms with Gasteiger partial charge in [0.15, 0.2) is 5.78 Å². The predicted octanol–water partition coefficient (Wildman–Crippen LogP) is 2.33. The van der Waals surface area contributed by atoms with E-state index in [4.69, 9.17) is 5.11 Å². The average molecular weight is 263 g/mol. The van der Waals surface area contributed by atoms with Crippen LogP contribution in [0.25, 0.3) is 0 Å². The summed E-state index contributed by atoms with van der Waals surface area (Å²) < 4.78 is 0. The summed E-state index contributed by atoms with van der Waals surface area (Å²) in [5, 5.41) is 11.4. The highest BCUT2D eigenvalue weighted by Crippen LogP contribution is 2.13. The van der Waals surface area contributed by atoms with Crippen molar-refractivity contribution in [1.29, 1.82) is 0 Å². The number of anilines is 1. The number of hydrogen-bond donors (Lipinski definition) is 2. The highest BCUT2D eigenvalue weighted by molar-refractivity contribution is 5.97. The minimum Gasteiger partial charge on any atom is -0.481 e. The molecule has 0 spiro atoms. The van der Waals surface area contributed by atoms with Crippen molar-refractivity contribution in [2.75, 3.05) is 5.32 Å². The van der Waals surface area contributed by atoms with Crippen LogP contribution in [0.15, 0.2) is 24.3 Å². The molecule has 1 atom stereocenters. The second-order valence-electron chi connectivity index (χ2n) is 4.46. The number of aliphatic carboxylic acids is 1. The van der Waals surface area contributed by atoms with Crippen LogP contribution in [0, 0.1) is 5.92 Å². The van der Waals surface area contributed by atoms with E-state index in [1.807, 2.05) is 0 Å². The van der Waals surface area contributed by atoms with Crippen LogP contribution in [0.3, 0.4) is 0 Å². The van der Waals surface area contributed by atoms with Gasteiger partial charge in [0, 0.05) is 17.7 Å². The minimum atomic E-state index is -0.911. The Kier molecular flexibility index (Phi) is 5.23. The van der Waals surface area contributed by atoms with Crippen molar-refractivity contribution >= 4 is 23.3 Å². The lowest BCUT2D eigenvalue weighted by atomic mass is 10.1. The van der Waals surface area contributed by atoms with E-state index in [-0.39, 0.29) is 24.5 Å². The quantitative estimate of drug-likeness (QED) is 0.771. The molecule has 0 bridgehead atoms. The van der Waals surface area contributed by atoms with Gasteiger partial charge in [-0.25, -0.2) is 0 Å². The second-order valence-corrected chi connectivity index (χ2v) is 4.46. The molecule has 1 aromatic carbocycles. The molecule has 1 amide bonds. The molecule has 2 N–H and O–H groups in total. The zero-order valence-electron chi connectivity index (χ0n) is 11.0. The van der Waals surface area contributed by atoms with Gasteiger partial charge in [0.1, 0.15) is 0 Å². The molecular weight excluding hydrogens is 246 g/mol. The summed E-state index contributed by atoms with van der Waals surface area (Å²) in [6, 6.07) is 6.64. The van der Waals surface area contributed by atoms with Crippen molar-refractivity contribution < 1.29 is 19.5 Å². The van der Waals surface area contributed by atoms with Crippen molar-refractivity contribution in [2.24, 2.45) is 5.92 Å².